The molecule has 0 spiro atoms. The van der Waals surface area contributed by atoms with Gasteiger partial charge in [-0.1, -0.05) is 148 Å². The highest BCUT2D eigenvalue weighted by Gasteiger charge is 2.57. The number of benzene rings is 3. The minimum atomic E-state index is -1.35. The molecule has 31 heteroatoms. The second-order valence-electron chi connectivity index (χ2n) is 27.9. The second kappa shape index (κ2) is 39.7. The van der Waals surface area contributed by atoms with Gasteiger partial charge in [-0.05, 0) is 78.2 Å². The molecule has 9 rings (SSSR count). The number of hydrogen-bond donors (Lipinski definition) is 1. The van der Waals surface area contributed by atoms with Crippen molar-refractivity contribution in [3.8, 4) is 12.3 Å². The first kappa shape index (κ1) is 82.0. The Balaban J connectivity index is 0.963. The molecule has 12 unspecified atom stereocenters. The Morgan fingerprint density at radius 3 is 1.08 bits per heavy atom. The zero-order valence-electron chi connectivity index (χ0n) is 61.5. The largest absolute Gasteiger partial charge is 0.463 e. The lowest BCUT2D eigenvalue weighted by molar-refractivity contribution is -0.370. The molecule has 6 aliphatic heterocycles. The Bertz CT molecular complexity index is 3430. The zero-order chi connectivity index (χ0) is 75.4. The number of hydrogen-bond acceptors (Lipinski definition) is 25. The van der Waals surface area contributed by atoms with Gasteiger partial charge >= 0.3 is 17.9 Å². The Morgan fingerprint density at radius 1 is 0.419 bits per heavy atom. The van der Waals surface area contributed by atoms with Crippen molar-refractivity contribution in [2.45, 2.75) is 263 Å². The standard InChI is InChI=1S/C74H101N9O22/c1-14-15-25-32-88-72-57(78-81-75)39(2)61(54(98-72)36-89-48(11)84)102-70-43(6)65(93-34-52-28-21-17-22-29-52)67(46(9)96-70)105-74-59(80-83-77)41(4)63(56(100-74)38-91-50(13)86)103-71-44(7)66(94-35-53-30-23-18-24-31-53)68(47(10)97-71)104-73-58(79-82-76)40(3)62(55(99-73)37-90-49(12)85)101-69-42(5)64(60(87)45(8)95-69)92-33-51-26-19-16-20-27-51/h1,16-24,26-31,39-47,54-74,87H,15,25,32-38H2,2-13H3/t39-,40-,41-,42?,43?,44?,45?,46?,47?,54?,55?,56?,57?,58?,59?,60-,61+,62+,63+,64+,65+,66+,67-,68-,69+,70+,71+,72-,73+,74+/m1/s1. The van der Waals surface area contributed by atoms with Gasteiger partial charge in [0.05, 0.1) is 99.5 Å². The highest BCUT2D eigenvalue weighted by molar-refractivity contribution is 5.66. The molecular weight excluding hydrogens is 1370 g/mol. The number of terminal acetylenes is 1. The second-order valence-corrected chi connectivity index (χ2v) is 27.9. The summed E-state index contributed by atoms with van der Waals surface area (Å²) in [5.74, 6) is -3.15. The molecule has 0 amide bonds. The number of aliphatic hydroxyl groups excluding tert-OH is 1. The van der Waals surface area contributed by atoms with E-state index in [0.29, 0.717) is 12.8 Å². The fourth-order valence-corrected chi connectivity index (χ4v) is 14.4. The van der Waals surface area contributed by atoms with Crippen molar-refractivity contribution in [3.63, 3.8) is 0 Å². The van der Waals surface area contributed by atoms with E-state index in [4.69, 9.17) is 91.7 Å². The molecule has 6 heterocycles. The van der Waals surface area contributed by atoms with Gasteiger partial charge in [-0.15, -0.1) is 12.3 Å². The molecule has 3 aromatic rings. The Morgan fingerprint density at radius 2 is 0.733 bits per heavy atom. The van der Waals surface area contributed by atoms with E-state index in [1.165, 1.54) is 20.8 Å². The van der Waals surface area contributed by atoms with Gasteiger partial charge in [-0.3, -0.25) is 14.4 Å². The van der Waals surface area contributed by atoms with Gasteiger partial charge < -0.3 is 90.4 Å². The van der Waals surface area contributed by atoms with Crippen LogP contribution in [0.4, 0.5) is 0 Å². The molecule has 0 saturated carbocycles. The summed E-state index contributed by atoms with van der Waals surface area (Å²) in [6.07, 6.45) is -14.2. The maximum atomic E-state index is 12.8. The van der Waals surface area contributed by atoms with E-state index < -0.39 is 201 Å². The number of azide groups is 3. The first-order chi connectivity index (χ1) is 50.5. The van der Waals surface area contributed by atoms with E-state index in [2.05, 4.69) is 36.0 Å². The van der Waals surface area contributed by atoms with Crippen molar-refractivity contribution in [2.75, 3.05) is 26.4 Å². The first-order valence-corrected chi connectivity index (χ1v) is 36.0. The van der Waals surface area contributed by atoms with Crippen molar-refractivity contribution in [2.24, 2.45) is 50.9 Å². The van der Waals surface area contributed by atoms with Gasteiger partial charge in [-0.25, -0.2) is 0 Å². The van der Waals surface area contributed by atoms with Gasteiger partial charge in [-0.2, -0.15) is 0 Å². The average Bonchev–Trinajstić information content (AvgIpc) is 0.772. The lowest BCUT2D eigenvalue weighted by atomic mass is 9.87. The first-order valence-electron chi connectivity index (χ1n) is 36.0. The number of esters is 3. The molecule has 30 atom stereocenters. The van der Waals surface area contributed by atoms with Gasteiger partial charge in [0.1, 0.15) is 56.4 Å². The number of rotatable bonds is 32. The van der Waals surface area contributed by atoms with E-state index in [1.807, 2.05) is 126 Å². The van der Waals surface area contributed by atoms with Crippen LogP contribution in [-0.2, 0) is 119 Å². The Hall–Kier alpha value is -7.08. The lowest BCUT2D eigenvalue weighted by Gasteiger charge is -2.52. The quantitative estimate of drug-likeness (QED) is 0.0115. The molecule has 31 nitrogen and oxygen atoms in total. The fraction of sp³-hybridized carbons (Fsp3) is 0.689. The number of carbonyl (C=O) groups is 3. The molecule has 0 radical (unpaired) electrons. The molecule has 6 fully saturated rings. The van der Waals surface area contributed by atoms with Crippen LogP contribution in [-0.4, -0.2) is 197 Å². The molecule has 6 aliphatic rings. The van der Waals surface area contributed by atoms with Crippen LogP contribution in [0.2, 0.25) is 0 Å². The van der Waals surface area contributed by atoms with Crippen LogP contribution in [0.1, 0.15) is 113 Å². The van der Waals surface area contributed by atoms with Crippen LogP contribution in [0.25, 0.3) is 31.3 Å². The monoisotopic (exact) mass is 1470 g/mol. The maximum absolute atomic E-state index is 12.8. The summed E-state index contributed by atoms with van der Waals surface area (Å²) in [6.45, 7) is 19.8. The normalized spacial score (nSPS) is 37.6. The summed E-state index contributed by atoms with van der Waals surface area (Å²) < 4.78 is 118. The van der Waals surface area contributed by atoms with Gasteiger partial charge in [0.15, 0.2) is 37.7 Å². The predicted molar refractivity (Wildman–Crippen MR) is 372 cm³/mol. The third kappa shape index (κ3) is 21.4. The molecule has 0 aromatic heterocycles. The van der Waals surface area contributed by atoms with Crippen molar-refractivity contribution in [1.29, 1.82) is 0 Å². The topological polar surface area (TPSA) is 384 Å². The molecule has 0 bridgehead atoms. The summed E-state index contributed by atoms with van der Waals surface area (Å²) in [7, 11) is 0. The third-order valence-electron chi connectivity index (χ3n) is 20.3. The highest BCUT2D eigenvalue weighted by Crippen LogP contribution is 2.44. The minimum absolute atomic E-state index is 0.0958. The van der Waals surface area contributed by atoms with Crippen LogP contribution in [0.15, 0.2) is 106 Å². The molecular formula is C74H101N9O22. The molecule has 3 aromatic carbocycles. The maximum Gasteiger partial charge on any atom is 0.302 e. The van der Waals surface area contributed by atoms with Crippen LogP contribution >= 0.6 is 0 Å². The van der Waals surface area contributed by atoms with Gasteiger partial charge in [0.25, 0.3) is 0 Å². The highest BCUT2D eigenvalue weighted by atomic mass is 16.8. The van der Waals surface area contributed by atoms with E-state index in [0.717, 1.165) is 16.7 Å². The smallest absolute Gasteiger partial charge is 0.302 e. The van der Waals surface area contributed by atoms with Crippen LogP contribution in [0.3, 0.4) is 0 Å². The summed E-state index contributed by atoms with van der Waals surface area (Å²) in [5.41, 5.74) is 33.0. The van der Waals surface area contributed by atoms with Crippen LogP contribution in [0, 0.1) is 47.9 Å². The summed E-state index contributed by atoms with van der Waals surface area (Å²) in [6, 6.07) is 25.4. The predicted octanol–water partition coefficient (Wildman–Crippen LogP) is 10.4. The van der Waals surface area contributed by atoms with Gasteiger partial charge in [0.2, 0.25) is 0 Å². The van der Waals surface area contributed by atoms with Gasteiger partial charge in [0, 0.05) is 59.7 Å². The van der Waals surface area contributed by atoms with Crippen LogP contribution in [0.5, 0.6) is 0 Å². The lowest BCUT2D eigenvalue weighted by Crippen LogP contribution is -2.64. The van der Waals surface area contributed by atoms with Crippen LogP contribution < -0.4 is 0 Å². The molecule has 1 N–H and O–H groups in total. The number of ether oxygens (including phenoxy) is 18. The van der Waals surface area contributed by atoms with Crippen molar-refractivity contribution >= 4 is 17.9 Å². The minimum Gasteiger partial charge on any atom is -0.463 e. The SMILES string of the molecule is C#CCCCO[C@@H]1OC(COC(C)=O)[C@@H](O[C@@H]2OC(C)[C@@H](O[C@@H]3OC(COC(C)=O)[C@@H](O[C@@H]4OC(C)[C@@H](O[C@@H]5OC(COC(C)=O)[C@@H](O[C@@H]6OC(C)[C@@H](O)[C@@H](OCc7ccccc7)C6C)[C@H](C)C5N=[N+]=[N-])[C@@H](OCc5ccccc5)C4C)[C@H](C)C3N=[N+]=[N-])[C@@H](OCc3ccccc3)C2C)[C@H](C)C1N=[N+]=[N-]. The number of carbonyl (C=O) groups excluding carboxylic acids is 3. The van der Waals surface area contributed by atoms with E-state index in [1.54, 1.807) is 27.7 Å². The molecule has 6 saturated heterocycles. The molecule has 574 valence electrons. The molecule has 0 aliphatic carbocycles. The zero-order valence-corrected chi connectivity index (χ0v) is 61.5. The Kier molecular flexibility index (Phi) is 31.0. The van der Waals surface area contributed by atoms with E-state index in [9.17, 15) is 36.1 Å². The summed E-state index contributed by atoms with van der Waals surface area (Å²) in [4.78, 5) is 47.3. The summed E-state index contributed by atoms with van der Waals surface area (Å²) >= 11 is 0. The molecule has 105 heavy (non-hydrogen) atoms. The fourth-order valence-electron chi connectivity index (χ4n) is 14.4. The third-order valence-corrected chi connectivity index (χ3v) is 20.3. The van der Waals surface area contributed by atoms with Crippen molar-refractivity contribution in [1.82, 2.24) is 0 Å². The number of nitrogens with zero attached hydrogens (tertiary/aromatic N) is 9. The Labute approximate surface area is 612 Å². The van der Waals surface area contributed by atoms with Crippen molar-refractivity contribution < 1.29 is 105 Å². The van der Waals surface area contributed by atoms with Crippen molar-refractivity contribution in [3.05, 3.63) is 139 Å². The number of unbranched alkanes of at least 4 members (excludes halogenated alkanes) is 1. The average molecular weight is 1470 g/mol. The van der Waals surface area contributed by atoms with E-state index >= 15 is 0 Å². The van der Waals surface area contributed by atoms with E-state index in [-0.39, 0.29) is 46.2 Å². The number of aliphatic hydroxyl groups is 1. The summed E-state index contributed by atoms with van der Waals surface area (Å²) in [5, 5.41) is 24.0.